The zero-order valence-electron chi connectivity index (χ0n) is 14.7. The Bertz CT molecular complexity index is 623. The summed E-state index contributed by atoms with van der Waals surface area (Å²) in [6.07, 6.45) is 2.52. The standard InChI is InChI=1S/C18H25ClN2O4/c1-13-15(19)6-3-7-16(13)25-12-17(22)21-9-4-5-14(8-10-21)20(2)11-18(23)24/h3,6-7,14H,4-5,8-12H2,1-2H3,(H,23,24). The van der Waals surface area contributed by atoms with Crippen LogP contribution in [0.5, 0.6) is 5.75 Å². The minimum absolute atomic E-state index is 0.0170. The molecule has 0 bridgehead atoms. The molecule has 0 aromatic heterocycles. The molecule has 0 spiro atoms. The molecule has 1 unspecified atom stereocenters. The Balaban J connectivity index is 1.86. The van der Waals surface area contributed by atoms with E-state index >= 15 is 0 Å². The molecule has 1 aromatic rings. The molecule has 25 heavy (non-hydrogen) atoms. The van der Waals surface area contributed by atoms with Crippen LogP contribution in [0.3, 0.4) is 0 Å². The molecule has 1 heterocycles. The Morgan fingerprint density at radius 3 is 2.84 bits per heavy atom. The van der Waals surface area contributed by atoms with Crippen molar-refractivity contribution >= 4 is 23.5 Å². The van der Waals surface area contributed by atoms with E-state index in [1.54, 1.807) is 23.1 Å². The van der Waals surface area contributed by atoms with Crippen molar-refractivity contribution in [3.05, 3.63) is 28.8 Å². The lowest BCUT2D eigenvalue weighted by Crippen LogP contribution is -2.38. The molecule has 1 N–H and O–H groups in total. The van der Waals surface area contributed by atoms with E-state index in [1.165, 1.54) is 0 Å². The highest BCUT2D eigenvalue weighted by Crippen LogP contribution is 2.25. The molecule has 1 aliphatic rings. The maximum absolute atomic E-state index is 12.4. The molecule has 1 amide bonds. The van der Waals surface area contributed by atoms with Gasteiger partial charge in [-0.25, -0.2) is 0 Å². The Morgan fingerprint density at radius 2 is 2.12 bits per heavy atom. The smallest absolute Gasteiger partial charge is 0.317 e. The van der Waals surface area contributed by atoms with E-state index in [4.69, 9.17) is 21.4 Å². The summed E-state index contributed by atoms with van der Waals surface area (Å²) in [5.41, 5.74) is 0.822. The molecule has 1 aromatic carbocycles. The van der Waals surface area contributed by atoms with Crippen molar-refractivity contribution in [2.24, 2.45) is 0 Å². The summed E-state index contributed by atoms with van der Waals surface area (Å²) in [7, 11) is 1.82. The molecule has 0 saturated carbocycles. The summed E-state index contributed by atoms with van der Waals surface area (Å²) in [5.74, 6) is -0.263. The van der Waals surface area contributed by atoms with Gasteiger partial charge in [0.15, 0.2) is 6.61 Å². The number of amides is 1. The molecule has 0 aliphatic carbocycles. The van der Waals surface area contributed by atoms with Crippen molar-refractivity contribution in [1.29, 1.82) is 0 Å². The number of likely N-dealkylation sites (N-methyl/N-ethyl adjacent to an activating group) is 1. The predicted octanol–water partition coefficient (Wildman–Crippen LogP) is 2.42. The van der Waals surface area contributed by atoms with E-state index in [0.29, 0.717) is 23.9 Å². The summed E-state index contributed by atoms with van der Waals surface area (Å²) >= 11 is 6.06. The van der Waals surface area contributed by atoms with Gasteiger partial charge < -0.3 is 14.7 Å². The number of hydrogen-bond donors (Lipinski definition) is 1. The minimum atomic E-state index is -0.829. The molecule has 138 valence electrons. The van der Waals surface area contributed by atoms with Gasteiger partial charge in [0.05, 0.1) is 6.54 Å². The second kappa shape index (κ2) is 9.06. The monoisotopic (exact) mass is 368 g/mol. The van der Waals surface area contributed by atoms with E-state index < -0.39 is 5.97 Å². The molecule has 6 nitrogen and oxygen atoms in total. The maximum Gasteiger partial charge on any atom is 0.317 e. The molecule has 2 rings (SSSR count). The van der Waals surface area contributed by atoms with Crippen LogP contribution in [0.2, 0.25) is 5.02 Å². The number of ether oxygens (including phenoxy) is 1. The van der Waals surface area contributed by atoms with E-state index in [2.05, 4.69) is 0 Å². The molecular weight excluding hydrogens is 344 g/mol. The highest BCUT2D eigenvalue weighted by molar-refractivity contribution is 6.31. The van der Waals surface area contributed by atoms with Crippen LogP contribution >= 0.6 is 11.6 Å². The number of carboxylic acids is 1. The van der Waals surface area contributed by atoms with Gasteiger partial charge in [0.2, 0.25) is 0 Å². The first kappa shape index (κ1) is 19.5. The van der Waals surface area contributed by atoms with E-state index in [1.807, 2.05) is 18.9 Å². The van der Waals surface area contributed by atoms with Crippen molar-refractivity contribution in [3.63, 3.8) is 0 Å². The van der Waals surface area contributed by atoms with Crippen LogP contribution in [0.1, 0.15) is 24.8 Å². The van der Waals surface area contributed by atoms with Crippen molar-refractivity contribution < 1.29 is 19.4 Å². The van der Waals surface area contributed by atoms with Gasteiger partial charge in [-0.2, -0.15) is 0 Å². The third-order valence-electron chi connectivity index (χ3n) is 4.63. The summed E-state index contributed by atoms with van der Waals surface area (Å²) in [6.45, 7) is 3.16. The number of carbonyl (C=O) groups excluding carboxylic acids is 1. The molecule has 1 fully saturated rings. The number of aliphatic carboxylic acids is 1. The summed E-state index contributed by atoms with van der Waals surface area (Å²) in [4.78, 5) is 26.9. The van der Waals surface area contributed by atoms with Crippen LogP contribution in [0, 0.1) is 6.92 Å². The van der Waals surface area contributed by atoms with Crippen LogP contribution in [0.25, 0.3) is 0 Å². The Kier molecular flexibility index (Phi) is 7.08. The van der Waals surface area contributed by atoms with Crippen molar-refractivity contribution in [1.82, 2.24) is 9.80 Å². The van der Waals surface area contributed by atoms with Crippen LogP contribution in [0.15, 0.2) is 18.2 Å². The maximum atomic E-state index is 12.4. The third kappa shape index (κ3) is 5.61. The first-order valence-corrected chi connectivity index (χ1v) is 8.84. The Morgan fingerprint density at radius 1 is 1.36 bits per heavy atom. The SMILES string of the molecule is Cc1c(Cl)cccc1OCC(=O)N1CCCC(N(C)CC(=O)O)CC1. The number of carbonyl (C=O) groups is 2. The highest BCUT2D eigenvalue weighted by Gasteiger charge is 2.24. The Labute approximate surface area is 153 Å². The number of likely N-dealkylation sites (tertiary alicyclic amines) is 1. The fraction of sp³-hybridized carbons (Fsp3) is 0.556. The fourth-order valence-electron chi connectivity index (χ4n) is 3.09. The van der Waals surface area contributed by atoms with Crippen molar-refractivity contribution in [2.75, 3.05) is 33.3 Å². The quantitative estimate of drug-likeness (QED) is 0.835. The summed E-state index contributed by atoms with van der Waals surface area (Å²) in [6, 6.07) is 5.57. The molecule has 0 radical (unpaired) electrons. The molecule has 1 saturated heterocycles. The fourth-order valence-corrected chi connectivity index (χ4v) is 3.25. The van der Waals surface area contributed by atoms with E-state index in [0.717, 1.165) is 24.8 Å². The Hall–Kier alpha value is -1.79. The zero-order valence-corrected chi connectivity index (χ0v) is 15.5. The van der Waals surface area contributed by atoms with Gasteiger partial charge in [-0.3, -0.25) is 14.5 Å². The third-order valence-corrected chi connectivity index (χ3v) is 5.04. The number of hydrogen-bond acceptors (Lipinski definition) is 4. The van der Waals surface area contributed by atoms with Crippen LogP contribution in [0.4, 0.5) is 0 Å². The topological polar surface area (TPSA) is 70.1 Å². The second-order valence-corrected chi connectivity index (χ2v) is 6.83. The van der Waals surface area contributed by atoms with E-state index in [9.17, 15) is 9.59 Å². The van der Waals surface area contributed by atoms with Crippen LogP contribution in [-0.4, -0.2) is 66.1 Å². The van der Waals surface area contributed by atoms with Gasteiger partial charge in [0.25, 0.3) is 5.91 Å². The number of benzene rings is 1. The van der Waals surface area contributed by atoms with Crippen LogP contribution < -0.4 is 4.74 Å². The van der Waals surface area contributed by atoms with Gasteiger partial charge in [0.1, 0.15) is 5.75 Å². The van der Waals surface area contributed by atoms with Gasteiger partial charge in [-0.1, -0.05) is 17.7 Å². The first-order valence-electron chi connectivity index (χ1n) is 8.46. The molecule has 7 heteroatoms. The van der Waals surface area contributed by atoms with Gasteiger partial charge >= 0.3 is 5.97 Å². The van der Waals surface area contributed by atoms with Crippen molar-refractivity contribution in [2.45, 2.75) is 32.2 Å². The second-order valence-electron chi connectivity index (χ2n) is 6.43. The summed E-state index contributed by atoms with van der Waals surface area (Å²) < 4.78 is 5.64. The normalized spacial score (nSPS) is 18.1. The highest BCUT2D eigenvalue weighted by atomic mass is 35.5. The first-order chi connectivity index (χ1) is 11.9. The largest absolute Gasteiger partial charge is 0.483 e. The predicted molar refractivity (Wildman–Crippen MR) is 96.2 cm³/mol. The molecule has 1 atom stereocenters. The lowest BCUT2D eigenvalue weighted by molar-refractivity contribution is -0.138. The lowest BCUT2D eigenvalue weighted by Gasteiger charge is -2.25. The van der Waals surface area contributed by atoms with Crippen molar-refractivity contribution in [3.8, 4) is 5.75 Å². The van der Waals surface area contributed by atoms with Gasteiger partial charge in [-0.15, -0.1) is 0 Å². The van der Waals surface area contributed by atoms with E-state index in [-0.39, 0.29) is 25.1 Å². The molecule has 1 aliphatic heterocycles. The number of carboxylic acid groups (broad SMARTS) is 1. The average Bonchev–Trinajstić information content (AvgIpc) is 2.81. The van der Waals surface area contributed by atoms with Crippen LogP contribution in [-0.2, 0) is 9.59 Å². The summed E-state index contributed by atoms with van der Waals surface area (Å²) in [5, 5.41) is 9.53. The number of halogens is 1. The van der Waals surface area contributed by atoms with Gasteiger partial charge in [0, 0.05) is 29.7 Å². The van der Waals surface area contributed by atoms with Gasteiger partial charge in [-0.05, 0) is 45.4 Å². The number of rotatable bonds is 6. The number of nitrogens with zero attached hydrogens (tertiary/aromatic N) is 2. The lowest BCUT2D eigenvalue weighted by atomic mass is 10.1. The minimum Gasteiger partial charge on any atom is -0.483 e. The average molecular weight is 369 g/mol. The zero-order chi connectivity index (χ0) is 18.4. The molecular formula is C18H25ClN2O4.